The number of aromatic nitrogens is 1. The Morgan fingerprint density at radius 1 is 1.18 bits per heavy atom. The van der Waals surface area contributed by atoms with E-state index in [-0.39, 0.29) is 11.9 Å². The van der Waals surface area contributed by atoms with Gasteiger partial charge in [-0.05, 0) is 62.3 Å². The summed E-state index contributed by atoms with van der Waals surface area (Å²) in [5.41, 5.74) is 3.10. The number of carbonyl (C=O) groups is 1. The van der Waals surface area contributed by atoms with Crippen LogP contribution in [0.25, 0.3) is 0 Å². The molecule has 3 aromatic rings. The fourth-order valence-electron chi connectivity index (χ4n) is 3.62. The Kier molecular flexibility index (Phi) is 6.50. The summed E-state index contributed by atoms with van der Waals surface area (Å²) >= 11 is 0. The van der Waals surface area contributed by atoms with E-state index >= 15 is 0 Å². The van der Waals surface area contributed by atoms with E-state index < -0.39 is 17.8 Å². The summed E-state index contributed by atoms with van der Waals surface area (Å²) in [6.07, 6.45) is 0.388. The second kappa shape index (κ2) is 9.49. The normalized spacial score (nSPS) is 15.7. The first-order chi connectivity index (χ1) is 15.9. The molecule has 1 aromatic heterocycles. The zero-order valence-electron chi connectivity index (χ0n) is 18.5. The van der Waals surface area contributed by atoms with Crippen LogP contribution in [0.2, 0.25) is 0 Å². The van der Waals surface area contributed by atoms with Crippen molar-refractivity contribution in [3.63, 3.8) is 0 Å². The van der Waals surface area contributed by atoms with E-state index in [0.717, 1.165) is 29.5 Å². The van der Waals surface area contributed by atoms with Gasteiger partial charge in [0.1, 0.15) is 11.4 Å². The average Bonchev–Trinajstić information content (AvgIpc) is 3.52. The molecule has 1 saturated carbocycles. The molecule has 3 N–H and O–H groups in total. The highest BCUT2D eigenvalue weighted by atomic mass is 16.6. The van der Waals surface area contributed by atoms with Crippen molar-refractivity contribution in [1.29, 1.82) is 0 Å². The first-order valence-corrected chi connectivity index (χ1v) is 10.8. The van der Waals surface area contributed by atoms with Crippen LogP contribution in [0.3, 0.4) is 0 Å². The monoisotopic (exact) mass is 446 g/mol. The van der Waals surface area contributed by atoms with Gasteiger partial charge in [-0.15, -0.1) is 0 Å². The molecular formula is C26H26N2O5. The van der Waals surface area contributed by atoms with Gasteiger partial charge in [0.2, 0.25) is 12.2 Å². The minimum absolute atomic E-state index is 0.286. The molecule has 2 aromatic carbocycles. The van der Waals surface area contributed by atoms with Crippen LogP contribution < -0.4 is 5.32 Å². The molecule has 1 aliphatic rings. The number of benzene rings is 2. The van der Waals surface area contributed by atoms with Gasteiger partial charge in [-0.1, -0.05) is 53.5 Å². The van der Waals surface area contributed by atoms with Crippen molar-refractivity contribution < 1.29 is 24.3 Å². The van der Waals surface area contributed by atoms with Gasteiger partial charge >= 0.3 is 5.97 Å². The number of aliphatic hydroxyl groups excluding tert-OH is 1. The van der Waals surface area contributed by atoms with Crippen molar-refractivity contribution in [2.45, 2.75) is 45.6 Å². The number of hydrogen-bond donors (Lipinski definition) is 3. The van der Waals surface area contributed by atoms with Crippen LogP contribution in [0.15, 0.2) is 59.1 Å². The summed E-state index contributed by atoms with van der Waals surface area (Å²) in [4.78, 5) is 11.4. The lowest BCUT2D eigenvalue weighted by Crippen LogP contribution is -2.24. The van der Waals surface area contributed by atoms with Gasteiger partial charge in [0.05, 0.1) is 11.5 Å². The number of aryl methyl sites for hydroxylation is 1. The summed E-state index contributed by atoms with van der Waals surface area (Å²) in [6, 6.07) is 17.1. The number of nitrogens with one attached hydrogen (secondary N) is 1. The Balaban J connectivity index is 1.41. The minimum atomic E-state index is -1.28. The first kappa shape index (κ1) is 22.6. The number of carboxylic acid groups (broad SMARTS) is 1. The number of hydrogen-bond acceptors (Lipinski definition) is 6. The van der Waals surface area contributed by atoms with E-state index in [1.54, 1.807) is 6.92 Å². The van der Waals surface area contributed by atoms with Crippen LogP contribution >= 0.6 is 0 Å². The summed E-state index contributed by atoms with van der Waals surface area (Å²) in [7, 11) is 0. The number of aliphatic hydroxyl groups is 1. The van der Waals surface area contributed by atoms with Crippen molar-refractivity contribution in [1.82, 2.24) is 5.16 Å². The minimum Gasteiger partial charge on any atom is -0.481 e. The molecule has 0 aliphatic heterocycles. The lowest BCUT2D eigenvalue weighted by atomic mass is 9.96. The van der Waals surface area contributed by atoms with Crippen molar-refractivity contribution in [2.75, 3.05) is 5.32 Å². The van der Waals surface area contributed by atoms with E-state index in [1.165, 1.54) is 0 Å². The molecule has 1 fully saturated rings. The third kappa shape index (κ3) is 5.43. The number of nitrogens with zero attached hydrogens (tertiary/aromatic N) is 1. The molecule has 1 aliphatic carbocycles. The lowest BCUT2D eigenvalue weighted by Gasteiger charge is -2.19. The standard InChI is InChI=1S/C26H26N2O5/c1-17-23(27-25(31)32-18(2)21-6-4-3-5-7-21)22(33-28-17)13-12-19-8-10-20(11-9-19)16-26(14-15-26)24(29)30/h3-11,18,25,27,31H,14-16H2,1-2H3,(H,29,30). The summed E-state index contributed by atoms with van der Waals surface area (Å²) in [5.74, 6) is 5.52. The molecule has 0 amide bonds. The molecule has 2 unspecified atom stereocenters. The Morgan fingerprint density at radius 3 is 2.52 bits per heavy atom. The largest absolute Gasteiger partial charge is 0.481 e. The first-order valence-electron chi connectivity index (χ1n) is 10.8. The molecule has 0 radical (unpaired) electrons. The molecular weight excluding hydrogens is 420 g/mol. The third-order valence-corrected chi connectivity index (χ3v) is 5.86. The second-order valence-electron chi connectivity index (χ2n) is 8.37. The fourth-order valence-corrected chi connectivity index (χ4v) is 3.62. The number of carboxylic acids is 1. The summed E-state index contributed by atoms with van der Waals surface area (Å²) in [6.45, 7) is 3.60. The Labute approximate surface area is 192 Å². The molecule has 2 atom stereocenters. The Hall–Kier alpha value is -3.60. The highest BCUT2D eigenvalue weighted by Crippen LogP contribution is 2.48. The molecule has 0 bridgehead atoms. The van der Waals surface area contributed by atoms with Gasteiger partial charge in [0, 0.05) is 5.56 Å². The maximum Gasteiger partial charge on any atom is 0.309 e. The predicted octanol–water partition coefficient (Wildman–Crippen LogP) is 4.26. The number of rotatable bonds is 8. The molecule has 0 saturated heterocycles. The highest BCUT2D eigenvalue weighted by Gasteiger charge is 2.49. The van der Waals surface area contributed by atoms with E-state index in [2.05, 4.69) is 22.3 Å². The molecule has 0 spiro atoms. The fraction of sp³-hybridized carbons (Fsp3) is 0.308. The van der Waals surface area contributed by atoms with Gasteiger partial charge in [0.25, 0.3) is 0 Å². The summed E-state index contributed by atoms with van der Waals surface area (Å²) < 4.78 is 11.0. The number of ether oxygens (including phenoxy) is 1. The Morgan fingerprint density at radius 2 is 1.88 bits per heavy atom. The predicted molar refractivity (Wildman–Crippen MR) is 122 cm³/mol. The maximum absolute atomic E-state index is 11.4. The van der Waals surface area contributed by atoms with Crippen molar-refractivity contribution in [2.24, 2.45) is 5.41 Å². The van der Waals surface area contributed by atoms with E-state index in [0.29, 0.717) is 17.8 Å². The van der Waals surface area contributed by atoms with Crippen LogP contribution in [0, 0.1) is 24.2 Å². The number of aliphatic carboxylic acids is 1. The topological polar surface area (TPSA) is 105 Å². The van der Waals surface area contributed by atoms with E-state index in [4.69, 9.17) is 9.26 Å². The van der Waals surface area contributed by atoms with Crippen molar-refractivity contribution in [3.05, 3.63) is 82.7 Å². The van der Waals surface area contributed by atoms with Gasteiger partial charge in [-0.25, -0.2) is 0 Å². The van der Waals surface area contributed by atoms with Gasteiger partial charge in [-0.2, -0.15) is 0 Å². The Bertz CT molecular complexity index is 1170. The SMILES string of the molecule is Cc1noc(C#Cc2ccc(CC3(C(=O)O)CC3)cc2)c1NC(O)OC(C)c1ccccc1. The maximum atomic E-state index is 11.4. The van der Waals surface area contributed by atoms with Crippen LogP contribution in [0.5, 0.6) is 0 Å². The van der Waals surface area contributed by atoms with Crippen molar-refractivity contribution in [3.8, 4) is 11.8 Å². The molecule has 7 nitrogen and oxygen atoms in total. The van der Waals surface area contributed by atoms with Crippen LogP contribution in [-0.4, -0.2) is 27.8 Å². The molecule has 170 valence electrons. The molecule has 7 heteroatoms. The average molecular weight is 447 g/mol. The zero-order chi connectivity index (χ0) is 23.4. The zero-order valence-corrected chi connectivity index (χ0v) is 18.5. The number of anilines is 1. The van der Waals surface area contributed by atoms with Crippen molar-refractivity contribution >= 4 is 11.7 Å². The van der Waals surface area contributed by atoms with Crippen LogP contribution in [0.1, 0.15) is 54.0 Å². The highest BCUT2D eigenvalue weighted by molar-refractivity contribution is 5.78. The second-order valence-corrected chi connectivity index (χ2v) is 8.37. The summed E-state index contributed by atoms with van der Waals surface area (Å²) in [5, 5.41) is 26.5. The van der Waals surface area contributed by atoms with Gasteiger partial charge < -0.3 is 24.8 Å². The van der Waals surface area contributed by atoms with Crippen LogP contribution in [0.4, 0.5) is 5.69 Å². The van der Waals surface area contributed by atoms with E-state index in [1.807, 2.05) is 61.5 Å². The lowest BCUT2D eigenvalue weighted by molar-refractivity contribution is -0.143. The van der Waals surface area contributed by atoms with Gasteiger partial charge in [0.15, 0.2) is 0 Å². The molecule has 33 heavy (non-hydrogen) atoms. The van der Waals surface area contributed by atoms with Crippen LogP contribution in [-0.2, 0) is 16.0 Å². The third-order valence-electron chi connectivity index (χ3n) is 5.86. The quantitative estimate of drug-likeness (QED) is 0.351. The smallest absolute Gasteiger partial charge is 0.309 e. The molecule has 4 rings (SSSR count). The van der Waals surface area contributed by atoms with Gasteiger partial charge in [-0.3, -0.25) is 4.79 Å². The molecule has 1 heterocycles. The van der Waals surface area contributed by atoms with E-state index in [9.17, 15) is 15.0 Å².